The van der Waals surface area contributed by atoms with E-state index >= 15 is 0 Å². The average molecular weight is 116 g/mol. The highest BCUT2D eigenvalue weighted by Crippen LogP contribution is 2.05. The predicted molar refractivity (Wildman–Crippen MR) is 32.5 cm³/mol. The van der Waals surface area contributed by atoms with Crippen molar-refractivity contribution in [2.75, 3.05) is 12.9 Å². The molecule has 0 radical (unpaired) electrons. The zero-order chi connectivity index (χ0) is 5.11. The molecule has 2 nitrogen and oxygen atoms in total. The molecule has 0 amide bonds. The van der Waals surface area contributed by atoms with Crippen molar-refractivity contribution in [2.45, 2.75) is 0 Å². The maximum absolute atomic E-state index is 3.05. The molecular formula is C4H8N2S. The van der Waals surface area contributed by atoms with Crippen molar-refractivity contribution < 1.29 is 0 Å². The second kappa shape index (κ2) is 2.12. The van der Waals surface area contributed by atoms with Crippen LogP contribution in [0.2, 0.25) is 0 Å². The van der Waals surface area contributed by atoms with Gasteiger partial charge in [0, 0.05) is 18.7 Å². The normalized spacial score (nSPS) is 17.6. The van der Waals surface area contributed by atoms with E-state index in [4.69, 9.17) is 0 Å². The number of hydrogen-bond acceptors (Lipinski definition) is 3. The van der Waals surface area contributed by atoms with Crippen molar-refractivity contribution in [3.8, 4) is 0 Å². The molecule has 0 saturated carbocycles. The van der Waals surface area contributed by atoms with Gasteiger partial charge in [-0.15, -0.1) is 0 Å². The van der Waals surface area contributed by atoms with Gasteiger partial charge in [0.15, 0.2) is 0 Å². The SMILES string of the molecule is CSN1C=CNC1. The highest BCUT2D eigenvalue weighted by atomic mass is 32.2. The van der Waals surface area contributed by atoms with Gasteiger partial charge in [0.25, 0.3) is 0 Å². The van der Waals surface area contributed by atoms with Crippen molar-refractivity contribution in [1.82, 2.24) is 9.62 Å². The van der Waals surface area contributed by atoms with Gasteiger partial charge >= 0.3 is 0 Å². The van der Waals surface area contributed by atoms with Gasteiger partial charge in [-0.05, 0) is 0 Å². The first-order valence-electron chi connectivity index (χ1n) is 2.14. The highest BCUT2D eigenvalue weighted by Gasteiger charge is 1.97. The molecule has 0 unspecified atom stereocenters. The zero-order valence-corrected chi connectivity index (χ0v) is 5.03. The quantitative estimate of drug-likeness (QED) is 0.505. The molecule has 0 spiro atoms. The fourth-order valence-electron chi connectivity index (χ4n) is 0.457. The first-order chi connectivity index (χ1) is 3.43. The molecule has 0 fully saturated rings. The van der Waals surface area contributed by atoms with Crippen LogP contribution in [0, 0.1) is 0 Å². The minimum absolute atomic E-state index is 0.946. The van der Waals surface area contributed by atoms with Crippen LogP contribution in [0.3, 0.4) is 0 Å². The summed E-state index contributed by atoms with van der Waals surface area (Å²) in [5.74, 6) is 0. The van der Waals surface area contributed by atoms with Crippen LogP contribution in [0.4, 0.5) is 0 Å². The van der Waals surface area contributed by atoms with E-state index in [1.807, 2.05) is 12.4 Å². The highest BCUT2D eigenvalue weighted by molar-refractivity contribution is 7.96. The Morgan fingerprint density at radius 2 is 2.71 bits per heavy atom. The third-order valence-corrected chi connectivity index (χ3v) is 1.56. The second-order valence-corrected chi connectivity index (χ2v) is 2.11. The van der Waals surface area contributed by atoms with Crippen LogP contribution in [-0.4, -0.2) is 17.2 Å². The Kier molecular flexibility index (Phi) is 1.46. The molecule has 1 rings (SSSR count). The zero-order valence-electron chi connectivity index (χ0n) is 4.22. The summed E-state index contributed by atoms with van der Waals surface area (Å²) in [6.07, 6.45) is 6.01. The van der Waals surface area contributed by atoms with Gasteiger partial charge in [0.1, 0.15) is 0 Å². The summed E-state index contributed by atoms with van der Waals surface area (Å²) in [6.45, 7) is 0.946. The van der Waals surface area contributed by atoms with Crippen LogP contribution in [-0.2, 0) is 0 Å². The lowest BCUT2D eigenvalue weighted by Gasteiger charge is -2.07. The summed E-state index contributed by atoms with van der Waals surface area (Å²) >= 11 is 1.72. The van der Waals surface area contributed by atoms with Crippen LogP contribution < -0.4 is 5.32 Å². The lowest BCUT2D eigenvalue weighted by molar-refractivity contribution is 0.635. The lowest BCUT2D eigenvalue weighted by Crippen LogP contribution is -2.12. The summed E-state index contributed by atoms with van der Waals surface area (Å²) < 4.78 is 2.11. The second-order valence-electron chi connectivity index (χ2n) is 1.28. The molecule has 0 aromatic heterocycles. The average Bonchev–Trinajstić information content (AvgIpc) is 2.14. The molecule has 1 aliphatic rings. The van der Waals surface area contributed by atoms with Crippen molar-refractivity contribution in [3.63, 3.8) is 0 Å². The molecule has 0 aliphatic carbocycles. The van der Waals surface area contributed by atoms with E-state index in [9.17, 15) is 0 Å². The van der Waals surface area contributed by atoms with Crippen LogP contribution in [0.15, 0.2) is 12.4 Å². The van der Waals surface area contributed by atoms with E-state index in [0.29, 0.717) is 0 Å². The summed E-state index contributed by atoms with van der Waals surface area (Å²) in [6, 6.07) is 0. The molecule has 1 aliphatic heterocycles. The molecular weight excluding hydrogens is 108 g/mol. The Balaban J connectivity index is 2.28. The Labute approximate surface area is 47.7 Å². The van der Waals surface area contributed by atoms with E-state index in [1.54, 1.807) is 11.9 Å². The van der Waals surface area contributed by atoms with Crippen LogP contribution in [0.1, 0.15) is 0 Å². The lowest BCUT2D eigenvalue weighted by atomic mass is 11.0. The Morgan fingerprint density at radius 1 is 1.86 bits per heavy atom. The topological polar surface area (TPSA) is 15.3 Å². The van der Waals surface area contributed by atoms with Gasteiger partial charge < -0.3 is 9.62 Å². The standard InChI is InChI=1S/C4H8N2S/c1-7-6-3-2-5-4-6/h2-3,5H,4H2,1H3. The summed E-state index contributed by atoms with van der Waals surface area (Å²) in [4.78, 5) is 0. The number of nitrogens with zero attached hydrogens (tertiary/aromatic N) is 1. The number of rotatable bonds is 1. The van der Waals surface area contributed by atoms with E-state index in [2.05, 4.69) is 15.9 Å². The van der Waals surface area contributed by atoms with Crippen molar-refractivity contribution in [3.05, 3.63) is 12.4 Å². The Morgan fingerprint density at radius 3 is 3.00 bits per heavy atom. The first-order valence-corrected chi connectivity index (χ1v) is 3.32. The van der Waals surface area contributed by atoms with E-state index in [0.717, 1.165) is 6.67 Å². The number of nitrogens with one attached hydrogen (secondary N) is 1. The molecule has 1 heterocycles. The smallest absolute Gasteiger partial charge is 0.0974 e. The third kappa shape index (κ3) is 1.03. The fraction of sp³-hybridized carbons (Fsp3) is 0.500. The Bertz CT molecular complexity index is 81.8. The minimum atomic E-state index is 0.946. The van der Waals surface area contributed by atoms with E-state index in [-0.39, 0.29) is 0 Å². The molecule has 0 aromatic rings. The van der Waals surface area contributed by atoms with Gasteiger partial charge in [0.2, 0.25) is 0 Å². The third-order valence-electron chi connectivity index (χ3n) is 0.840. The maximum Gasteiger partial charge on any atom is 0.0974 e. The molecule has 0 saturated heterocycles. The summed E-state index contributed by atoms with van der Waals surface area (Å²) in [7, 11) is 0. The molecule has 0 bridgehead atoms. The molecule has 0 aromatic carbocycles. The largest absolute Gasteiger partial charge is 0.372 e. The molecule has 0 atom stereocenters. The molecule has 7 heavy (non-hydrogen) atoms. The Hall–Kier alpha value is -0.310. The van der Waals surface area contributed by atoms with E-state index in [1.165, 1.54) is 0 Å². The van der Waals surface area contributed by atoms with E-state index < -0.39 is 0 Å². The number of hydrogen-bond donors (Lipinski definition) is 1. The van der Waals surface area contributed by atoms with Crippen LogP contribution in [0.5, 0.6) is 0 Å². The van der Waals surface area contributed by atoms with Gasteiger partial charge in [-0.25, -0.2) is 0 Å². The molecule has 1 N–H and O–H groups in total. The minimum Gasteiger partial charge on any atom is -0.372 e. The first kappa shape index (κ1) is 4.84. The fourth-order valence-corrected chi connectivity index (χ4v) is 0.843. The van der Waals surface area contributed by atoms with Gasteiger partial charge in [-0.1, -0.05) is 11.9 Å². The summed E-state index contributed by atoms with van der Waals surface area (Å²) in [5.41, 5.74) is 0. The molecule has 3 heteroatoms. The van der Waals surface area contributed by atoms with Crippen molar-refractivity contribution in [2.24, 2.45) is 0 Å². The summed E-state index contributed by atoms with van der Waals surface area (Å²) in [5, 5.41) is 3.05. The van der Waals surface area contributed by atoms with Crippen LogP contribution >= 0.6 is 11.9 Å². The van der Waals surface area contributed by atoms with Crippen molar-refractivity contribution in [1.29, 1.82) is 0 Å². The van der Waals surface area contributed by atoms with Gasteiger partial charge in [-0.3, -0.25) is 0 Å². The van der Waals surface area contributed by atoms with Gasteiger partial charge in [-0.2, -0.15) is 0 Å². The maximum atomic E-state index is 3.05. The van der Waals surface area contributed by atoms with Gasteiger partial charge in [0.05, 0.1) is 6.67 Å². The predicted octanol–water partition coefficient (Wildman–Crippen LogP) is 0.598. The van der Waals surface area contributed by atoms with Crippen molar-refractivity contribution >= 4 is 11.9 Å². The molecule has 40 valence electrons. The monoisotopic (exact) mass is 116 g/mol. The van der Waals surface area contributed by atoms with Crippen LogP contribution in [0.25, 0.3) is 0 Å².